The van der Waals surface area contributed by atoms with Crippen LogP contribution in [0.2, 0.25) is 0 Å². The standard InChI is InChI=1S/C30H23N/c1-30(19-11-3-2-4-12-19)24-17-9-7-15-22(24)26-20-13-5-6-14-21(20)29-27(28(26)30)23-16-8-10-18-25(23)31-29/h2-5,7-13,15-18,31H,6,14H2,1H3. The van der Waals surface area contributed by atoms with E-state index in [0.29, 0.717) is 0 Å². The maximum absolute atomic E-state index is 3.82. The molecule has 1 atom stereocenters. The Labute approximate surface area is 182 Å². The van der Waals surface area contributed by atoms with Gasteiger partial charge in [0.1, 0.15) is 0 Å². The van der Waals surface area contributed by atoms with Crippen LogP contribution in [0.3, 0.4) is 0 Å². The molecule has 0 amide bonds. The first kappa shape index (κ1) is 17.1. The smallest absolute Gasteiger partial charge is 0.0507 e. The molecule has 0 fully saturated rings. The van der Waals surface area contributed by atoms with Crippen LogP contribution < -0.4 is 0 Å². The molecule has 1 heteroatoms. The highest BCUT2D eigenvalue weighted by Gasteiger charge is 2.44. The van der Waals surface area contributed by atoms with E-state index >= 15 is 0 Å². The summed E-state index contributed by atoms with van der Waals surface area (Å²) in [4.78, 5) is 3.82. The predicted molar refractivity (Wildman–Crippen MR) is 131 cm³/mol. The Morgan fingerprint density at radius 1 is 0.839 bits per heavy atom. The van der Waals surface area contributed by atoms with Gasteiger partial charge in [0.15, 0.2) is 0 Å². The number of nitrogens with one attached hydrogen (secondary N) is 1. The molecule has 0 aliphatic heterocycles. The fourth-order valence-corrected chi connectivity index (χ4v) is 6.17. The number of rotatable bonds is 1. The topological polar surface area (TPSA) is 15.8 Å². The van der Waals surface area contributed by atoms with Gasteiger partial charge in [0, 0.05) is 21.7 Å². The Bertz CT molecular complexity index is 1530. The minimum absolute atomic E-state index is 0.198. The molecule has 1 nitrogen and oxygen atoms in total. The quantitative estimate of drug-likeness (QED) is 0.299. The zero-order valence-corrected chi connectivity index (χ0v) is 17.6. The van der Waals surface area contributed by atoms with Crippen molar-refractivity contribution in [3.05, 3.63) is 113 Å². The Balaban J connectivity index is 1.77. The zero-order chi connectivity index (χ0) is 20.6. The summed E-state index contributed by atoms with van der Waals surface area (Å²) in [5.74, 6) is 0. The first-order valence-corrected chi connectivity index (χ1v) is 11.2. The maximum Gasteiger partial charge on any atom is 0.0507 e. The van der Waals surface area contributed by atoms with Crippen LogP contribution in [-0.4, -0.2) is 4.98 Å². The van der Waals surface area contributed by atoms with Crippen LogP contribution in [0.25, 0.3) is 39.0 Å². The van der Waals surface area contributed by atoms with Gasteiger partial charge in [-0.3, -0.25) is 0 Å². The SMILES string of the molecule is CC1(c2ccccc2)c2ccccc2-c2c3c(c4[nH]c5ccccc5c4c21)CCC=C3. The van der Waals surface area contributed by atoms with Gasteiger partial charge in [0.2, 0.25) is 0 Å². The second kappa shape index (κ2) is 5.98. The lowest BCUT2D eigenvalue weighted by atomic mass is 9.72. The molecule has 7 rings (SSSR count). The van der Waals surface area contributed by atoms with E-state index in [2.05, 4.69) is 103 Å². The molecule has 0 saturated carbocycles. The molecule has 0 spiro atoms. The van der Waals surface area contributed by atoms with Crippen molar-refractivity contribution in [2.45, 2.75) is 25.2 Å². The van der Waals surface area contributed by atoms with E-state index in [-0.39, 0.29) is 5.41 Å². The first-order chi connectivity index (χ1) is 15.3. The number of aryl methyl sites for hydroxylation is 1. The monoisotopic (exact) mass is 397 g/mol. The van der Waals surface area contributed by atoms with Crippen LogP contribution in [0.15, 0.2) is 84.9 Å². The van der Waals surface area contributed by atoms with Gasteiger partial charge in [-0.1, -0.05) is 84.9 Å². The number of hydrogen-bond acceptors (Lipinski definition) is 0. The zero-order valence-electron chi connectivity index (χ0n) is 17.6. The van der Waals surface area contributed by atoms with E-state index < -0.39 is 0 Å². The second-order valence-corrected chi connectivity index (χ2v) is 9.04. The van der Waals surface area contributed by atoms with Crippen molar-refractivity contribution < 1.29 is 0 Å². The van der Waals surface area contributed by atoms with Crippen molar-refractivity contribution in [2.75, 3.05) is 0 Å². The van der Waals surface area contributed by atoms with Crippen LogP contribution in [-0.2, 0) is 11.8 Å². The number of para-hydroxylation sites is 1. The van der Waals surface area contributed by atoms with Gasteiger partial charge >= 0.3 is 0 Å². The highest BCUT2D eigenvalue weighted by atomic mass is 14.7. The third kappa shape index (κ3) is 2.06. The maximum atomic E-state index is 3.82. The highest BCUT2D eigenvalue weighted by molar-refractivity contribution is 6.16. The predicted octanol–water partition coefficient (Wildman–Crippen LogP) is 7.62. The highest BCUT2D eigenvalue weighted by Crippen LogP contribution is 2.58. The van der Waals surface area contributed by atoms with Crippen LogP contribution >= 0.6 is 0 Å². The Kier molecular flexibility index (Phi) is 3.31. The van der Waals surface area contributed by atoms with Gasteiger partial charge in [-0.05, 0) is 64.8 Å². The number of hydrogen-bond donors (Lipinski definition) is 1. The van der Waals surface area contributed by atoms with Gasteiger partial charge < -0.3 is 4.98 Å². The number of aromatic nitrogens is 1. The fraction of sp³-hybridized carbons (Fsp3) is 0.133. The molecule has 4 aromatic carbocycles. The Morgan fingerprint density at radius 2 is 1.61 bits per heavy atom. The minimum atomic E-state index is -0.198. The van der Waals surface area contributed by atoms with Gasteiger partial charge in [-0.15, -0.1) is 0 Å². The molecule has 1 unspecified atom stereocenters. The molecule has 1 heterocycles. The van der Waals surface area contributed by atoms with Gasteiger partial charge in [-0.2, -0.15) is 0 Å². The molecule has 2 aliphatic carbocycles. The summed E-state index contributed by atoms with van der Waals surface area (Å²) in [5.41, 5.74) is 12.3. The molecule has 31 heavy (non-hydrogen) atoms. The molecule has 1 N–H and O–H groups in total. The summed E-state index contributed by atoms with van der Waals surface area (Å²) >= 11 is 0. The van der Waals surface area contributed by atoms with Gasteiger partial charge in [0.25, 0.3) is 0 Å². The van der Waals surface area contributed by atoms with Crippen molar-refractivity contribution >= 4 is 27.9 Å². The molecular formula is C30H23N. The van der Waals surface area contributed by atoms with E-state index in [1.165, 1.54) is 60.8 Å². The van der Waals surface area contributed by atoms with Crippen molar-refractivity contribution in [2.24, 2.45) is 0 Å². The van der Waals surface area contributed by atoms with Crippen LogP contribution in [0, 0.1) is 0 Å². The second-order valence-electron chi connectivity index (χ2n) is 9.04. The van der Waals surface area contributed by atoms with Crippen molar-refractivity contribution in [3.63, 3.8) is 0 Å². The summed E-state index contributed by atoms with van der Waals surface area (Å²) in [6, 6.07) is 28.9. The van der Waals surface area contributed by atoms with E-state index in [0.717, 1.165) is 12.8 Å². The minimum Gasteiger partial charge on any atom is -0.354 e. The van der Waals surface area contributed by atoms with Crippen molar-refractivity contribution in [3.8, 4) is 11.1 Å². The Hall–Kier alpha value is -3.58. The fourth-order valence-electron chi connectivity index (χ4n) is 6.17. The summed E-state index contributed by atoms with van der Waals surface area (Å²) in [6.45, 7) is 2.42. The van der Waals surface area contributed by atoms with Crippen LogP contribution in [0.4, 0.5) is 0 Å². The number of benzene rings is 4. The molecule has 0 saturated heterocycles. The van der Waals surface area contributed by atoms with E-state index in [1.807, 2.05) is 0 Å². The third-order valence-electron chi connectivity index (χ3n) is 7.53. The summed E-state index contributed by atoms with van der Waals surface area (Å²) in [7, 11) is 0. The molecule has 1 aromatic heterocycles. The summed E-state index contributed by atoms with van der Waals surface area (Å²) in [5, 5.41) is 2.74. The normalized spacial score (nSPS) is 18.9. The lowest BCUT2D eigenvalue weighted by Gasteiger charge is -2.30. The summed E-state index contributed by atoms with van der Waals surface area (Å²) in [6.07, 6.45) is 6.91. The number of allylic oxidation sites excluding steroid dienone is 1. The molecular weight excluding hydrogens is 374 g/mol. The lowest BCUT2D eigenvalue weighted by Crippen LogP contribution is -2.23. The lowest BCUT2D eigenvalue weighted by molar-refractivity contribution is 0.720. The Morgan fingerprint density at radius 3 is 2.52 bits per heavy atom. The van der Waals surface area contributed by atoms with Crippen molar-refractivity contribution in [1.82, 2.24) is 4.98 Å². The molecule has 5 aromatic rings. The van der Waals surface area contributed by atoms with E-state index in [9.17, 15) is 0 Å². The number of fused-ring (bicyclic) bond motifs is 10. The largest absolute Gasteiger partial charge is 0.354 e. The molecule has 2 aliphatic rings. The molecule has 148 valence electrons. The third-order valence-corrected chi connectivity index (χ3v) is 7.53. The van der Waals surface area contributed by atoms with E-state index in [4.69, 9.17) is 0 Å². The van der Waals surface area contributed by atoms with Crippen LogP contribution in [0.1, 0.15) is 41.2 Å². The van der Waals surface area contributed by atoms with Crippen LogP contribution in [0.5, 0.6) is 0 Å². The van der Waals surface area contributed by atoms with Crippen molar-refractivity contribution in [1.29, 1.82) is 0 Å². The van der Waals surface area contributed by atoms with Gasteiger partial charge in [-0.25, -0.2) is 0 Å². The average molecular weight is 398 g/mol. The number of aromatic amines is 1. The molecule has 0 bridgehead atoms. The van der Waals surface area contributed by atoms with E-state index in [1.54, 1.807) is 0 Å². The first-order valence-electron chi connectivity index (χ1n) is 11.2. The average Bonchev–Trinajstić information content (AvgIpc) is 3.35. The number of H-pyrrole nitrogens is 1. The molecule has 0 radical (unpaired) electrons. The summed E-state index contributed by atoms with van der Waals surface area (Å²) < 4.78 is 0. The van der Waals surface area contributed by atoms with Gasteiger partial charge in [0.05, 0.1) is 5.52 Å².